The van der Waals surface area contributed by atoms with Crippen molar-refractivity contribution in [3.63, 3.8) is 0 Å². The molecule has 2 rings (SSSR count). The molecule has 1 heterocycles. The Morgan fingerprint density at radius 3 is 2.94 bits per heavy atom. The summed E-state index contributed by atoms with van der Waals surface area (Å²) in [6.45, 7) is 2.18. The normalized spacial score (nSPS) is 18.1. The van der Waals surface area contributed by atoms with Crippen molar-refractivity contribution in [1.82, 2.24) is 0 Å². The molecule has 17 heavy (non-hydrogen) atoms. The molecule has 0 spiro atoms. The van der Waals surface area contributed by atoms with Gasteiger partial charge in [-0.3, -0.25) is 4.79 Å². The largest absolute Gasteiger partial charge is 0.395 e. The number of aliphatic hydroxyl groups is 1. The number of carbonyl (C=O) groups excluding carboxylic acids is 1. The Hall–Kier alpha value is -1.86. The van der Waals surface area contributed by atoms with E-state index < -0.39 is 0 Å². The first-order valence-corrected chi connectivity index (χ1v) is 5.58. The van der Waals surface area contributed by atoms with Gasteiger partial charge in [0.05, 0.1) is 25.0 Å². The topological polar surface area (TPSA) is 64.3 Å². The van der Waals surface area contributed by atoms with Gasteiger partial charge in [0.1, 0.15) is 0 Å². The predicted octanol–water partition coefficient (Wildman–Crippen LogP) is 1.33. The van der Waals surface area contributed by atoms with Gasteiger partial charge in [-0.25, -0.2) is 0 Å². The van der Waals surface area contributed by atoms with Crippen LogP contribution in [0.5, 0.6) is 0 Å². The van der Waals surface area contributed by atoms with E-state index in [-0.39, 0.29) is 31.4 Å². The predicted molar refractivity (Wildman–Crippen MR) is 63.6 cm³/mol. The van der Waals surface area contributed by atoms with E-state index in [1.807, 2.05) is 25.1 Å². The van der Waals surface area contributed by atoms with E-state index in [9.17, 15) is 4.79 Å². The summed E-state index contributed by atoms with van der Waals surface area (Å²) in [6, 6.07) is 7.82. The number of nitriles is 1. The first-order chi connectivity index (χ1) is 8.19. The minimum atomic E-state index is -0.374. The van der Waals surface area contributed by atoms with Gasteiger partial charge in [-0.2, -0.15) is 5.26 Å². The summed E-state index contributed by atoms with van der Waals surface area (Å²) < 4.78 is 0. The van der Waals surface area contributed by atoms with Crippen LogP contribution in [0.4, 0.5) is 5.69 Å². The average molecular weight is 230 g/mol. The van der Waals surface area contributed by atoms with Crippen LogP contribution in [-0.2, 0) is 4.79 Å². The number of benzene rings is 1. The molecule has 0 bridgehead atoms. The average Bonchev–Trinajstić information content (AvgIpc) is 2.55. The number of carbonyl (C=O) groups is 1. The molecule has 1 aromatic carbocycles. The number of anilines is 1. The summed E-state index contributed by atoms with van der Waals surface area (Å²) in [6.07, 6.45) is 0.192. The highest BCUT2D eigenvalue weighted by molar-refractivity contribution is 6.05. The molecule has 4 nitrogen and oxygen atoms in total. The fourth-order valence-corrected chi connectivity index (χ4v) is 2.26. The van der Waals surface area contributed by atoms with E-state index in [2.05, 4.69) is 6.07 Å². The number of hydrogen-bond acceptors (Lipinski definition) is 3. The molecule has 4 heteroatoms. The minimum absolute atomic E-state index is 0.0711. The van der Waals surface area contributed by atoms with Gasteiger partial charge in [0.25, 0.3) is 0 Å². The van der Waals surface area contributed by atoms with Gasteiger partial charge in [-0.05, 0) is 18.6 Å². The minimum Gasteiger partial charge on any atom is -0.395 e. The molecule has 0 unspecified atom stereocenters. The number of β-amino-alcohol motifs (C(OH)–C–C–N with tert-alkyl or cyclic N) is 1. The molecule has 0 aromatic heterocycles. The quantitative estimate of drug-likeness (QED) is 0.852. The Balaban J connectivity index is 2.46. The van der Waals surface area contributed by atoms with Crippen LogP contribution in [0, 0.1) is 18.3 Å². The lowest BCUT2D eigenvalue weighted by Gasteiger charge is -2.16. The third-order valence-electron chi connectivity index (χ3n) is 3.03. The molecule has 0 saturated carbocycles. The lowest BCUT2D eigenvalue weighted by Crippen LogP contribution is -2.31. The molecule has 1 atom stereocenters. The maximum atomic E-state index is 12.1. The molecular formula is C13H14N2O2. The van der Waals surface area contributed by atoms with Crippen LogP contribution in [-0.4, -0.2) is 24.2 Å². The zero-order valence-corrected chi connectivity index (χ0v) is 9.68. The summed E-state index contributed by atoms with van der Waals surface area (Å²) in [5, 5.41) is 17.8. The van der Waals surface area contributed by atoms with E-state index in [4.69, 9.17) is 10.4 Å². The molecule has 1 amide bonds. The third-order valence-corrected chi connectivity index (χ3v) is 3.03. The van der Waals surface area contributed by atoms with Crippen LogP contribution in [0.25, 0.3) is 0 Å². The Morgan fingerprint density at radius 1 is 1.53 bits per heavy atom. The smallest absolute Gasteiger partial charge is 0.235 e. The molecule has 0 radical (unpaired) electrons. The first kappa shape index (κ1) is 11.6. The Kier molecular flexibility index (Phi) is 3.12. The highest BCUT2D eigenvalue weighted by Crippen LogP contribution is 2.39. The Morgan fingerprint density at radius 2 is 2.29 bits per heavy atom. The highest BCUT2D eigenvalue weighted by atomic mass is 16.3. The number of aliphatic hydroxyl groups excluding tert-OH is 1. The number of fused-ring (bicyclic) bond motifs is 1. The second-order valence-corrected chi connectivity index (χ2v) is 4.19. The molecule has 0 fully saturated rings. The van der Waals surface area contributed by atoms with Gasteiger partial charge in [-0.15, -0.1) is 0 Å². The van der Waals surface area contributed by atoms with Crippen LogP contribution >= 0.6 is 0 Å². The van der Waals surface area contributed by atoms with Crippen molar-refractivity contribution < 1.29 is 9.90 Å². The van der Waals surface area contributed by atoms with Crippen LogP contribution in [0.2, 0.25) is 0 Å². The molecular weight excluding hydrogens is 216 g/mol. The lowest BCUT2D eigenvalue weighted by atomic mass is 9.96. The fraction of sp³-hybridized carbons (Fsp3) is 0.385. The van der Waals surface area contributed by atoms with Gasteiger partial charge in [0, 0.05) is 12.2 Å². The Bertz CT molecular complexity index is 491. The summed E-state index contributed by atoms with van der Waals surface area (Å²) in [5.41, 5.74) is 2.81. The van der Waals surface area contributed by atoms with Gasteiger partial charge in [-0.1, -0.05) is 17.7 Å². The highest BCUT2D eigenvalue weighted by Gasteiger charge is 2.36. The van der Waals surface area contributed by atoms with Gasteiger partial charge in [0.15, 0.2) is 0 Å². The number of hydrogen-bond donors (Lipinski definition) is 1. The van der Waals surface area contributed by atoms with E-state index in [1.165, 1.54) is 0 Å². The standard InChI is InChI=1S/C13H14N2O2/c1-9-2-3-12-11(8-9)10(4-5-14)13(17)15(12)6-7-16/h2-3,8,10,16H,4,6-7H2,1H3/t10-/m0/s1. The summed E-state index contributed by atoms with van der Waals surface area (Å²) >= 11 is 0. The summed E-state index contributed by atoms with van der Waals surface area (Å²) in [7, 11) is 0. The van der Waals surface area contributed by atoms with E-state index in [1.54, 1.807) is 4.90 Å². The number of aryl methyl sites for hydroxylation is 1. The second-order valence-electron chi connectivity index (χ2n) is 4.19. The van der Waals surface area contributed by atoms with Crippen LogP contribution in [0.15, 0.2) is 18.2 Å². The molecule has 1 N–H and O–H groups in total. The molecule has 1 aromatic rings. The molecule has 0 aliphatic carbocycles. The van der Waals surface area contributed by atoms with Crippen LogP contribution < -0.4 is 4.90 Å². The van der Waals surface area contributed by atoms with E-state index >= 15 is 0 Å². The summed E-state index contributed by atoms with van der Waals surface area (Å²) in [5.74, 6) is -0.456. The molecule has 0 saturated heterocycles. The lowest BCUT2D eigenvalue weighted by molar-refractivity contribution is -0.119. The van der Waals surface area contributed by atoms with Crippen molar-refractivity contribution in [1.29, 1.82) is 5.26 Å². The second kappa shape index (κ2) is 4.56. The van der Waals surface area contributed by atoms with E-state index in [0.717, 1.165) is 16.8 Å². The zero-order chi connectivity index (χ0) is 12.4. The third kappa shape index (κ3) is 1.90. The van der Waals surface area contributed by atoms with Crippen molar-refractivity contribution in [3.05, 3.63) is 29.3 Å². The van der Waals surface area contributed by atoms with Crippen molar-refractivity contribution >= 4 is 11.6 Å². The van der Waals surface area contributed by atoms with Gasteiger partial charge < -0.3 is 10.0 Å². The number of amides is 1. The molecule has 1 aliphatic heterocycles. The van der Waals surface area contributed by atoms with Gasteiger partial charge >= 0.3 is 0 Å². The van der Waals surface area contributed by atoms with Gasteiger partial charge in [0.2, 0.25) is 5.91 Å². The summed E-state index contributed by atoms with van der Waals surface area (Å²) in [4.78, 5) is 13.7. The zero-order valence-electron chi connectivity index (χ0n) is 9.68. The molecule has 1 aliphatic rings. The van der Waals surface area contributed by atoms with Crippen LogP contribution in [0.1, 0.15) is 23.5 Å². The van der Waals surface area contributed by atoms with Crippen molar-refractivity contribution in [2.75, 3.05) is 18.1 Å². The maximum absolute atomic E-state index is 12.1. The molecule has 88 valence electrons. The van der Waals surface area contributed by atoms with Crippen molar-refractivity contribution in [2.45, 2.75) is 19.3 Å². The number of nitrogens with zero attached hydrogens (tertiary/aromatic N) is 2. The fourth-order valence-electron chi connectivity index (χ4n) is 2.26. The monoisotopic (exact) mass is 230 g/mol. The maximum Gasteiger partial charge on any atom is 0.235 e. The van der Waals surface area contributed by atoms with Crippen molar-refractivity contribution in [2.24, 2.45) is 0 Å². The van der Waals surface area contributed by atoms with E-state index in [0.29, 0.717) is 0 Å². The Labute approximate surface area is 100 Å². The SMILES string of the molecule is Cc1ccc2c(c1)[C@H](CC#N)C(=O)N2CCO. The number of rotatable bonds is 3. The van der Waals surface area contributed by atoms with Crippen molar-refractivity contribution in [3.8, 4) is 6.07 Å². The first-order valence-electron chi connectivity index (χ1n) is 5.58. The van der Waals surface area contributed by atoms with Crippen LogP contribution in [0.3, 0.4) is 0 Å².